The molecule has 0 aliphatic heterocycles. The Bertz CT molecular complexity index is 335. The van der Waals surface area contributed by atoms with E-state index >= 15 is 0 Å². The van der Waals surface area contributed by atoms with Crippen molar-refractivity contribution < 1.29 is 19.1 Å². The van der Waals surface area contributed by atoms with E-state index in [-0.39, 0.29) is 18.0 Å². The Morgan fingerprint density at radius 3 is 1.79 bits per heavy atom. The van der Waals surface area contributed by atoms with Crippen molar-refractivity contribution in [2.45, 2.75) is 67.4 Å². The molecule has 4 nitrogen and oxygen atoms in total. The largest absolute Gasteiger partial charge is 0.457 e. The lowest BCUT2D eigenvalue weighted by molar-refractivity contribution is -0.174. The van der Waals surface area contributed by atoms with Gasteiger partial charge in [0.1, 0.15) is 5.60 Å². The fourth-order valence-electron chi connectivity index (χ4n) is 1.39. The number of carbonyl (C=O) groups excluding carboxylic acids is 2. The molecule has 112 valence electrons. The van der Waals surface area contributed by atoms with E-state index in [0.29, 0.717) is 0 Å². The minimum Gasteiger partial charge on any atom is -0.457 e. The lowest BCUT2D eigenvalue weighted by atomic mass is 9.66. The maximum Gasteiger partial charge on any atom is 0.344 e. The molecule has 0 saturated heterocycles. The van der Waals surface area contributed by atoms with E-state index in [1.807, 2.05) is 34.6 Å². The van der Waals surface area contributed by atoms with Crippen molar-refractivity contribution in [3.8, 4) is 0 Å². The van der Waals surface area contributed by atoms with Gasteiger partial charge in [-0.2, -0.15) is 0 Å². The molecule has 0 aliphatic carbocycles. The van der Waals surface area contributed by atoms with Gasteiger partial charge in [-0.1, -0.05) is 20.8 Å². The highest BCUT2D eigenvalue weighted by molar-refractivity contribution is 5.80. The van der Waals surface area contributed by atoms with Crippen LogP contribution in [0, 0.1) is 10.8 Å². The second kappa shape index (κ2) is 5.93. The summed E-state index contributed by atoms with van der Waals surface area (Å²) in [5.41, 5.74) is -1.41. The van der Waals surface area contributed by atoms with Gasteiger partial charge in [-0.15, -0.1) is 0 Å². The van der Waals surface area contributed by atoms with E-state index in [4.69, 9.17) is 9.47 Å². The van der Waals surface area contributed by atoms with Gasteiger partial charge in [0, 0.05) is 0 Å². The molecule has 19 heavy (non-hydrogen) atoms. The van der Waals surface area contributed by atoms with Crippen LogP contribution >= 0.6 is 0 Å². The Labute approximate surface area is 116 Å². The summed E-state index contributed by atoms with van der Waals surface area (Å²) in [7, 11) is 0. The summed E-state index contributed by atoms with van der Waals surface area (Å²) in [6.45, 7) is 14.7. The van der Waals surface area contributed by atoms with E-state index in [2.05, 4.69) is 0 Å². The molecule has 0 bridgehead atoms. The summed E-state index contributed by atoms with van der Waals surface area (Å²) in [6, 6.07) is 0. The first-order valence-electron chi connectivity index (χ1n) is 6.72. The Kier molecular flexibility index (Phi) is 5.60. The maximum absolute atomic E-state index is 12.1. The number of rotatable bonds is 5. The minimum atomic E-state index is -0.649. The molecule has 0 rings (SSSR count). The summed E-state index contributed by atoms with van der Waals surface area (Å²) in [5, 5.41) is 0. The van der Waals surface area contributed by atoms with Crippen LogP contribution in [0.5, 0.6) is 0 Å². The van der Waals surface area contributed by atoms with Crippen molar-refractivity contribution in [3.05, 3.63) is 0 Å². The molecule has 0 radical (unpaired) electrons. The monoisotopic (exact) mass is 272 g/mol. The van der Waals surface area contributed by atoms with Crippen molar-refractivity contribution >= 4 is 11.9 Å². The molecule has 0 aliphatic rings. The highest BCUT2D eigenvalue weighted by Gasteiger charge is 2.43. The van der Waals surface area contributed by atoms with Crippen molar-refractivity contribution in [2.24, 2.45) is 10.8 Å². The van der Waals surface area contributed by atoms with Crippen LogP contribution < -0.4 is 0 Å². The summed E-state index contributed by atoms with van der Waals surface area (Å²) < 4.78 is 10.2. The molecule has 0 aromatic carbocycles. The Morgan fingerprint density at radius 2 is 1.42 bits per heavy atom. The number of hydrogen-bond acceptors (Lipinski definition) is 4. The summed E-state index contributed by atoms with van der Waals surface area (Å²) in [6.07, 6.45) is 0.849. The maximum atomic E-state index is 12.1. The van der Waals surface area contributed by atoms with Gasteiger partial charge in [-0.25, -0.2) is 4.79 Å². The van der Waals surface area contributed by atoms with Crippen LogP contribution in [0.4, 0.5) is 0 Å². The minimum absolute atomic E-state index is 0.196. The van der Waals surface area contributed by atoms with E-state index < -0.39 is 17.0 Å². The molecular formula is C15H28O4. The van der Waals surface area contributed by atoms with Gasteiger partial charge in [-0.05, 0) is 46.5 Å². The number of esters is 2. The molecule has 0 fully saturated rings. The van der Waals surface area contributed by atoms with Crippen molar-refractivity contribution in [1.82, 2.24) is 0 Å². The van der Waals surface area contributed by atoms with E-state index in [9.17, 15) is 9.59 Å². The van der Waals surface area contributed by atoms with Gasteiger partial charge in [0.15, 0.2) is 6.61 Å². The Balaban J connectivity index is 4.52. The highest BCUT2D eigenvalue weighted by atomic mass is 16.6. The third kappa shape index (κ3) is 5.21. The van der Waals surface area contributed by atoms with Crippen LogP contribution in [0.2, 0.25) is 0 Å². The van der Waals surface area contributed by atoms with Gasteiger partial charge in [0.2, 0.25) is 0 Å². The molecular weight excluding hydrogens is 244 g/mol. The zero-order valence-electron chi connectivity index (χ0n) is 13.5. The fourth-order valence-corrected chi connectivity index (χ4v) is 1.39. The van der Waals surface area contributed by atoms with Crippen molar-refractivity contribution in [2.75, 3.05) is 6.61 Å². The van der Waals surface area contributed by atoms with E-state index in [0.717, 1.165) is 6.42 Å². The summed E-state index contributed by atoms with van der Waals surface area (Å²) in [5.74, 6) is -0.892. The molecule has 0 aromatic heterocycles. The molecule has 0 amide bonds. The van der Waals surface area contributed by atoms with Crippen LogP contribution in [0.25, 0.3) is 0 Å². The van der Waals surface area contributed by atoms with Crippen LogP contribution in [-0.2, 0) is 19.1 Å². The number of ether oxygens (including phenoxy) is 2. The Morgan fingerprint density at radius 1 is 0.947 bits per heavy atom. The zero-order valence-corrected chi connectivity index (χ0v) is 13.5. The highest BCUT2D eigenvalue weighted by Crippen LogP contribution is 2.41. The third-order valence-corrected chi connectivity index (χ3v) is 3.83. The van der Waals surface area contributed by atoms with Crippen LogP contribution in [0.15, 0.2) is 0 Å². The quantitative estimate of drug-likeness (QED) is 0.720. The smallest absolute Gasteiger partial charge is 0.344 e. The second-order valence-electron chi connectivity index (χ2n) is 7.03. The number of hydrogen-bond donors (Lipinski definition) is 0. The standard InChI is InChI=1S/C15H28O4/c1-9-14(5,6)15(7,8)12(17)18-10-11(16)19-13(2,3)4/h9-10H2,1-8H3. The summed E-state index contributed by atoms with van der Waals surface area (Å²) in [4.78, 5) is 23.6. The number of carbonyl (C=O) groups is 2. The van der Waals surface area contributed by atoms with Crippen LogP contribution in [-0.4, -0.2) is 24.1 Å². The normalized spacial score (nSPS) is 13.1. The molecule has 0 N–H and O–H groups in total. The molecule has 0 heterocycles. The SMILES string of the molecule is CCC(C)(C)C(C)(C)C(=O)OCC(=O)OC(C)(C)C. The van der Waals surface area contributed by atoms with Gasteiger partial charge in [0.05, 0.1) is 5.41 Å². The van der Waals surface area contributed by atoms with Crippen molar-refractivity contribution in [1.29, 1.82) is 0 Å². The molecule has 0 unspecified atom stereocenters. The average molecular weight is 272 g/mol. The third-order valence-electron chi connectivity index (χ3n) is 3.83. The summed E-state index contributed by atoms with van der Waals surface area (Å²) >= 11 is 0. The zero-order chi connectivity index (χ0) is 15.5. The average Bonchev–Trinajstić information content (AvgIpc) is 2.23. The predicted molar refractivity (Wildman–Crippen MR) is 74.7 cm³/mol. The van der Waals surface area contributed by atoms with Gasteiger partial charge in [-0.3, -0.25) is 4.79 Å². The molecule has 0 spiro atoms. The fraction of sp³-hybridized carbons (Fsp3) is 0.867. The van der Waals surface area contributed by atoms with Gasteiger partial charge in [0.25, 0.3) is 0 Å². The molecule has 0 aromatic rings. The first-order chi connectivity index (χ1) is 8.33. The van der Waals surface area contributed by atoms with E-state index in [1.165, 1.54) is 0 Å². The van der Waals surface area contributed by atoms with Gasteiger partial charge >= 0.3 is 11.9 Å². The first-order valence-corrected chi connectivity index (χ1v) is 6.72. The predicted octanol–water partition coefficient (Wildman–Crippen LogP) is 3.33. The Hall–Kier alpha value is -1.06. The lowest BCUT2D eigenvalue weighted by Gasteiger charge is -2.38. The molecule has 0 saturated carbocycles. The van der Waals surface area contributed by atoms with Crippen LogP contribution in [0.3, 0.4) is 0 Å². The lowest BCUT2D eigenvalue weighted by Crippen LogP contribution is -2.41. The topological polar surface area (TPSA) is 52.6 Å². The molecule has 0 atom stereocenters. The van der Waals surface area contributed by atoms with Crippen LogP contribution in [0.1, 0.15) is 61.8 Å². The molecule has 4 heteroatoms. The second-order valence-corrected chi connectivity index (χ2v) is 7.03. The van der Waals surface area contributed by atoms with Crippen molar-refractivity contribution in [3.63, 3.8) is 0 Å². The first kappa shape index (κ1) is 17.9. The van der Waals surface area contributed by atoms with E-state index in [1.54, 1.807) is 20.8 Å². The van der Waals surface area contributed by atoms with Gasteiger partial charge < -0.3 is 9.47 Å².